The lowest BCUT2D eigenvalue weighted by atomic mass is 9.81. The number of hydrogen-bond donors (Lipinski definition) is 0. The molecule has 0 radical (unpaired) electrons. The lowest BCUT2D eigenvalue weighted by molar-refractivity contribution is 1.02. The Hall–Kier alpha value is -6.90. The zero-order valence-electron chi connectivity index (χ0n) is 30.7. The molecule has 2 nitrogen and oxygen atoms in total. The predicted octanol–water partition coefficient (Wildman–Crippen LogP) is 12.6. The summed E-state index contributed by atoms with van der Waals surface area (Å²) in [6.07, 6.45) is 17.8. The number of aromatic nitrogens is 2. The molecule has 2 aromatic heterocycles. The van der Waals surface area contributed by atoms with E-state index in [1.54, 1.807) is 0 Å². The van der Waals surface area contributed by atoms with Crippen molar-refractivity contribution in [1.29, 1.82) is 0 Å². The van der Waals surface area contributed by atoms with Gasteiger partial charge in [0, 0.05) is 37.8 Å². The monoisotopic (exact) mass is 702 g/mol. The van der Waals surface area contributed by atoms with Crippen LogP contribution >= 0.6 is 0 Å². The van der Waals surface area contributed by atoms with E-state index in [-0.39, 0.29) is 0 Å². The Bertz CT molecular complexity index is 3250. The van der Waals surface area contributed by atoms with Crippen LogP contribution in [0.25, 0.3) is 101 Å². The van der Waals surface area contributed by atoms with Gasteiger partial charge in [0.1, 0.15) is 0 Å². The molecule has 0 atom stereocenters. The van der Waals surface area contributed by atoms with Gasteiger partial charge < -0.3 is 9.13 Å². The smallest absolute Gasteiger partial charge is 0.0547 e. The van der Waals surface area contributed by atoms with Gasteiger partial charge in [-0.3, -0.25) is 0 Å². The average molecular weight is 703 g/mol. The Morgan fingerprint density at radius 2 is 1.24 bits per heavy atom. The SMILES string of the molecule is C/C=C\C=C/C1=Cc2cccc(-c3cccc4c(-n5c6ccccc6c6ccc(-c7ccc8c(c7)c7c(n8-c8ccccc8)=CCCC=7)cc65)cccc34)c21. The van der Waals surface area contributed by atoms with E-state index < -0.39 is 0 Å². The van der Waals surface area contributed by atoms with Crippen molar-refractivity contribution in [1.82, 2.24) is 9.13 Å². The third-order valence-electron chi connectivity index (χ3n) is 11.6. The van der Waals surface area contributed by atoms with Crippen LogP contribution < -0.4 is 10.6 Å². The first-order valence-corrected chi connectivity index (χ1v) is 19.4. The molecule has 9 aromatic rings. The lowest BCUT2D eigenvalue weighted by Crippen LogP contribution is -2.30. The summed E-state index contributed by atoms with van der Waals surface area (Å²) in [5.41, 5.74) is 15.0. The molecule has 0 bridgehead atoms. The third-order valence-corrected chi connectivity index (χ3v) is 11.6. The summed E-state index contributed by atoms with van der Waals surface area (Å²) in [5.74, 6) is 0. The van der Waals surface area contributed by atoms with Gasteiger partial charge >= 0.3 is 0 Å². The molecule has 2 heteroatoms. The van der Waals surface area contributed by atoms with E-state index in [0.29, 0.717) is 0 Å². The highest BCUT2D eigenvalue weighted by Gasteiger charge is 2.22. The average Bonchev–Trinajstić information content (AvgIpc) is 3.74. The molecule has 0 amide bonds. The summed E-state index contributed by atoms with van der Waals surface area (Å²) in [6, 6.07) is 54.0. The lowest BCUT2D eigenvalue weighted by Gasteiger charge is -2.23. The summed E-state index contributed by atoms with van der Waals surface area (Å²) in [5, 5.41) is 8.97. The number of fused-ring (bicyclic) bond motifs is 8. The van der Waals surface area contributed by atoms with Crippen molar-refractivity contribution < 1.29 is 0 Å². The van der Waals surface area contributed by atoms with Crippen LogP contribution in [0.5, 0.6) is 0 Å². The molecule has 260 valence electrons. The fraction of sp³-hybridized carbons (Fsp3) is 0.0566. The van der Waals surface area contributed by atoms with Gasteiger partial charge in [0.25, 0.3) is 0 Å². The van der Waals surface area contributed by atoms with E-state index in [4.69, 9.17) is 0 Å². The Morgan fingerprint density at radius 3 is 2.16 bits per heavy atom. The predicted molar refractivity (Wildman–Crippen MR) is 235 cm³/mol. The maximum absolute atomic E-state index is 2.49. The number of para-hydroxylation sites is 2. The molecular weight excluding hydrogens is 665 g/mol. The van der Waals surface area contributed by atoms with Crippen molar-refractivity contribution in [3.8, 4) is 33.6 Å². The minimum absolute atomic E-state index is 1.07. The second-order valence-corrected chi connectivity index (χ2v) is 14.7. The largest absolute Gasteiger partial charge is 0.310 e. The molecule has 2 aliphatic rings. The zero-order chi connectivity index (χ0) is 36.5. The van der Waals surface area contributed by atoms with Crippen LogP contribution in [0.3, 0.4) is 0 Å². The van der Waals surface area contributed by atoms with Crippen molar-refractivity contribution >= 4 is 67.3 Å². The fourth-order valence-corrected chi connectivity index (χ4v) is 9.17. The minimum atomic E-state index is 1.07. The molecule has 0 saturated heterocycles. The van der Waals surface area contributed by atoms with Crippen LogP contribution in [0.4, 0.5) is 0 Å². The Morgan fingerprint density at radius 1 is 0.509 bits per heavy atom. The normalized spacial score (nSPS) is 13.7. The molecular formula is C53H38N2. The minimum Gasteiger partial charge on any atom is -0.310 e. The molecule has 0 fully saturated rings. The Balaban J connectivity index is 1.10. The summed E-state index contributed by atoms with van der Waals surface area (Å²) >= 11 is 0. The molecule has 0 aliphatic heterocycles. The van der Waals surface area contributed by atoms with Gasteiger partial charge in [0.2, 0.25) is 0 Å². The second-order valence-electron chi connectivity index (χ2n) is 14.7. The topological polar surface area (TPSA) is 9.86 Å². The highest BCUT2D eigenvalue weighted by Crippen LogP contribution is 2.44. The summed E-state index contributed by atoms with van der Waals surface area (Å²) in [4.78, 5) is 0. The third kappa shape index (κ3) is 4.88. The van der Waals surface area contributed by atoms with Gasteiger partial charge in [-0.05, 0) is 113 Å². The van der Waals surface area contributed by atoms with E-state index in [9.17, 15) is 0 Å². The zero-order valence-corrected chi connectivity index (χ0v) is 30.7. The van der Waals surface area contributed by atoms with Crippen molar-refractivity contribution in [3.05, 3.63) is 192 Å². The fourth-order valence-electron chi connectivity index (χ4n) is 9.17. The van der Waals surface area contributed by atoms with Gasteiger partial charge in [-0.25, -0.2) is 0 Å². The highest BCUT2D eigenvalue weighted by molar-refractivity contribution is 6.13. The first kappa shape index (κ1) is 31.6. The Labute approximate surface area is 320 Å². The van der Waals surface area contributed by atoms with Gasteiger partial charge in [0.05, 0.1) is 22.2 Å². The molecule has 0 unspecified atom stereocenters. The van der Waals surface area contributed by atoms with Gasteiger partial charge in [-0.15, -0.1) is 0 Å². The van der Waals surface area contributed by atoms with Crippen molar-refractivity contribution in [2.24, 2.45) is 0 Å². The number of nitrogens with zero attached hydrogens (tertiary/aromatic N) is 2. The molecule has 55 heavy (non-hydrogen) atoms. The summed E-state index contributed by atoms with van der Waals surface area (Å²) in [6.45, 7) is 2.05. The number of rotatable bonds is 6. The van der Waals surface area contributed by atoms with E-state index in [1.165, 1.54) is 104 Å². The number of benzene rings is 7. The number of allylic oxidation sites excluding steroid dienone is 5. The van der Waals surface area contributed by atoms with E-state index in [2.05, 4.69) is 204 Å². The maximum atomic E-state index is 2.49. The van der Waals surface area contributed by atoms with Crippen LogP contribution in [0, 0.1) is 0 Å². The second kappa shape index (κ2) is 12.6. The van der Waals surface area contributed by atoms with Crippen molar-refractivity contribution in [3.63, 3.8) is 0 Å². The molecule has 11 rings (SSSR count). The summed E-state index contributed by atoms with van der Waals surface area (Å²) in [7, 11) is 0. The van der Waals surface area contributed by atoms with Crippen LogP contribution in [-0.4, -0.2) is 9.13 Å². The molecule has 0 saturated carbocycles. The number of hydrogen-bond acceptors (Lipinski definition) is 0. The van der Waals surface area contributed by atoms with E-state index in [0.717, 1.165) is 12.8 Å². The molecule has 0 spiro atoms. The molecule has 0 N–H and O–H groups in total. The Kier molecular flexibility index (Phi) is 7.25. The van der Waals surface area contributed by atoms with Crippen LogP contribution in [0.2, 0.25) is 0 Å². The van der Waals surface area contributed by atoms with Gasteiger partial charge in [-0.1, -0.05) is 140 Å². The quantitative estimate of drug-likeness (QED) is 0.153. The van der Waals surface area contributed by atoms with Crippen LogP contribution in [0.1, 0.15) is 30.9 Å². The standard InChI is InChI=1S/C53H38N2/c1-2-3-5-15-37-32-38-16-12-24-46(53(37)38)41-21-13-23-42-40(41)22-14-27-50(42)55-49-26-11-8-19-43(49)45-30-28-36(34-52(45)55)35-29-31-51-47(33-35)44-20-9-10-25-48(44)54(51)39-17-6-4-7-18-39/h2-8,11-34H,9-10H2,1H3/b3-2-,15-5-. The van der Waals surface area contributed by atoms with Crippen molar-refractivity contribution in [2.45, 2.75) is 19.8 Å². The molecule has 2 aliphatic carbocycles. The van der Waals surface area contributed by atoms with Crippen LogP contribution in [-0.2, 0) is 0 Å². The molecule has 2 heterocycles. The van der Waals surface area contributed by atoms with Crippen molar-refractivity contribution in [2.75, 3.05) is 0 Å². The summed E-state index contributed by atoms with van der Waals surface area (Å²) < 4.78 is 4.92. The first-order chi connectivity index (χ1) is 27.3. The first-order valence-electron chi connectivity index (χ1n) is 19.4. The van der Waals surface area contributed by atoms with E-state index >= 15 is 0 Å². The highest BCUT2D eigenvalue weighted by atomic mass is 15.0. The van der Waals surface area contributed by atoms with Gasteiger partial charge in [0.15, 0.2) is 0 Å². The van der Waals surface area contributed by atoms with E-state index in [1.807, 2.05) is 0 Å². The maximum Gasteiger partial charge on any atom is 0.0547 e. The van der Waals surface area contributed by atoms with Gasteiger partial charge in [-0.2, -0.15) is 0 Å². The van der Waals surface area contributed by atoms with Crippen LogP contribution in [0.15, 0.2) is 170 Å². The molecule has 7 aromatic carbocycles.